The lowest BCUT2D eigenvalue weighted by Crippen LogP contribution is -2.42. The largest absolute Gasteiger partial charge is 0.298 e. The van der Waals surface area contributed by atoms with Crippen LogP contribution in [0.5, 0.6) is 0 Å². The standard InChI is InChI=1S/C12H17NO/c1-5-10-7-8-13(4)12(9(3)14)11(10)6-2/h5-6,12H,1-2,7-8H2,3-4H3. The number of rotatable bonds is 3. The Morgan fingerprint density at radius 1 is 1.50 bits per heavy atom. The van der Waals surface area contributed by atoms with Crippen molar-refractivity contribution < 1.29 is 4.79 Å². The van der Waals surface area contributed by atoms with E-state index in [1.54, 1.807) is 13.0 Å². The third-order valence-corrected chi connectivity index (χ3v) is 2.69. The van der Waals surface area contributed by atoms with E-state index in [1.165, 1.54) is 0 Å². The van der Waals surface area contributed by atoms with E-state index in [0.29, 0.717) is 0 Å². The van der Waals surface area contributed by atoms with Gasteiger partial charge in [0.2, 0.25) is 0 Å². The molecule has 0 aromatic rings. The van der Waals surface area contributed by atoms with Crippen molar-refractivity contribution in [3.63, 3.8) is 0 Å². The lowest BCUT2D eigenvalue weighted by atomic mass is 9.91. The molecule has 0 aromatic heterocycles. The van der Waals surface area contributed by atoms with Gasteiger partial charge in [0.25, 0.3) is 0 Å². The van der Waals surface area contributed by atoms with Crippen LogP contribution in [0.1, 0.15) is 13.3 Å². The van der Waals surface area contributed by atoms with Crippen molar-refractivity contribution in [1.82, 2.24) is 4.90 Å². The van der Waals surface area contributed by atoms with Gasteiger partial charge in [0, 0.05) is 6.54 Å². The topological polar surface area (TPSA) is 20.3 Å². The molecule has 0 saturated heterocycles. The number of allylic oxidation sites excluding steroid dienone is 1. The van der Waals surface area contributed by atoms with Crippen molar-refractivity contribution in [1.29, 1.82) is 0 Å². The number of ketones is 1. The maximum Gasteiger partial charge on any atom is 0.151 e. The first kappa shape index (κ1) is 10.9. The average Bonchev–Trinajstić information content (AvgIpc) is 2.16. The number of hydrogen-bond acceptors (Lipinski definition) is 2. The molecule has 0 aromatic carbocycles. The monoisotopic (exact) mass is 191 g/mol. The van der Waals surface area contributed by atoms with E-state index in [-0.39, 0.29) is 11.8 Å². The van der Waals surface area contributed by atoms with E-state index in [1.807, 2.05) is 13.1 Å². The first-order chi connectivity index (χ1) is 6.61. The minimum Gasteiger partial charge on any atom is -0.298 e. The second kappa shape index (κ2) is 4.38. The molecular formula is C12H17NO. The molecule has 1 aliphatic heterocycles. The Morgan fingerprint density at radius 3 is 2.57 bits per heavy atom. The second-order valence-electron chi connectivity index (χ2n) is 3.63. The summed E-state index contributed by atoms with van der Waals surface area (Å²) in [6, 6.07) is -0.130. The van der Waals surface area contributed by atoms with Crippen molar-refractivity contribution in [3.05, 3.63) is 36.5 Å². The molecule has 0 radical (unpaired) electrons. The van der Waals surface area contributed by atoms with Gasteiger partial charge in [0.05, 0.1) is 6.04 Å². The van der Waals surface area contributed by atoms with Crippen LogP contribution in [0.2, 0.25) is 0 Å². The number of carbonyl (C=O) groups excluding carboxylic acids is 1. The van der Waals surface area contributed by atoms with E-state index >= 15 is 0 Å². The summed E-state index contributed by atoms with van der Waals surface area (Å²) in [5.74, 6) is 0.168. The fourth-order valence-corrected chi connectivity index (χ4v) is 1.98. The van der Waals surface area contributed by atoms with E-state index in [9.17, 15) is 4.79 Å². The van der Waals surface area contributed by atoms with E-state index in [0.717, 1.165) is 24.1 Å². The molecule has 1 heterocycles. The first-order valence-corrected chi connectivity index (χ1v) is 4.80. The molecule has 2 nitrogen and oxygen atoms in total. The van der Waals surface area contributed by atoms with Crippen LogP contribution in [-0.4, -0.2) is 30.3 Å². The lowest BCUT2D eigenvalue weighted by Gasteiger charge is -2.33. The van der Waals surface area contributed by atoms with Gasteiger partial charge in [-0.15, -0.1) is 0 Å². The number of Topliss-reactive ketones (excluding diaryl/α,β-unsaturated/α-hetero) is 1. The van der Waals surface area contributed by atoms with Crippen molar-refractivity contribution >= 4 is 5.78 Å². The molecule has 2 heteroatoms. The Balaban J connectivity index is 3.15. The molecule has 0 saturated carbocycles. The van der Waals surface area contributed by atoms with Crippen LogP contribution >= 0.6 is 0 Å². The first-order valence-electron chi connectivity index (χ1n) is 4.80. The highest BCUT2D eigenvalue weighted by atomic mass is 16.1. The van der Waals surface area contributed by atoms with Crippen LogP contribution in [0.15, 0.2) is 36.5 Å². The molecule has 1 aliphatic rings. The summed E-state index contributed by atoms with van der Waals surface area (Å²) in [5.41, 5.74) is 2.17. The number of carbonyl (C=O) groups is 1. The van der Waals surface area contributed by atoms with Crippen LogP contribution < -0.4 is 0 Å². The Hall–Kier alpha value is -1.15. The SMILES string of the molecule is C=CC1=C(C=C)C(C(C)=O)N(C)CC1. The van der Waals surface area contributed by atoms with Crippen molar-refractivity contribution in [2.45, 2.75) is 19.4 Å². The zero-order valence-corrected chi connectivity index (χ0v) is 8.92. The third kappa shape index (κ3) is 1.85. The molecular weight excluding hydrogens is 174 g/mol. The summed E-state index contributed by atoms with van der Waals surface area (Å²) in [7, 11) is 1.97. The fourth-order valence-electron chi connectivity index (χ4n) is 1.98. The van der Waals surface area contributed by atoms with Crippen LogP contribution in [-0.2, 0) is 4.79 Å². The van der Waals surface area contributed by atoms with Crippen LogP contribution in [0, 0.1) is 0 Å². The van der Waals surface area contributed by atoms with Gasteiger partial charge in [0.15, 0.2) is 5.78 Å². The predicted octanol–water partition coefficient (Wildman–Crippen LogP) is 1.95. The molecule has 14 heavy (non-hydrogen) atoms. The van der Waals surface area contributed by atoms with Crippen LogP contribution in [0.4, 0.5) is 0 Å². The second-order valence-corrected chi connectivity index (χ2v) is 3.63. The molecule has 0 spiro atoms. The minimum atomic E-state index is -0.130. The molecule has 0 fully saturated rings. The summed E-state index contributed by atoms with van der Waals surface area (Å²) in [6.45, 7) is 10.1. The third-order valence-electron chi connectivity index (χ3n) is 2.69. The average molecular weight is 191 g/mol. The molecule has 0 aliphatic carbocycles. The molecule has 76 valence electrons. The molecule has 0 N–H and O–H groups in total. The van der Waals surface area contributed by atoms with Gasteiger partial charge in [-0.3, -0.25) is 9.69 Å². The highest BCUT2D eigenvalue weighted by Crippen LogP contribution is 2.24. The van der Waals surface area contributed by atoms with Crippen molar-refractivity contribution in [3.8, 4) is 0 Å². The van der Waals surface area contributed by atoms with Crippen molar-refractivity contribution in [2.24, 2.45) is 0 Å². The number of likely N-dealkylation sites (N-methyl/N-ethyl adjacent to an activating group) is 1. The Kier molecular flexibility index (Phi) is 3.42. The molecule has 1 unspecified atom stereocenters. The van der Waals surface area contributed by atoms with Gasteiger partial charge in [0.1, 0.15) is 0 Å². The fraction of sp³-hybridized carbons (Fsp3) is 0.417. The van der Waals surface area contributed by atoms with E-state index in [4.69, 9.17) is 0 Å². The van der Waals surface area contributed by atoms with Crippen LogP contribution in [0.3, 0.4) is 0 Å². The lowest BCUT2D eigenvalue weighted by molar-refractivity contribution is -0.120. The molecule has 0 amide bonds. The Morgan fingerprint density at radius 2 is 2.14 bits per heavy atom. The predicted molar refractivity (Wildman–Crippen MR) is 59.1 cm³/mol. The summed E-state index contributed by atoms with van der Waals surface area (Å²) in [5, 5.41) is 0. The van der Waals surface area contributed by atoms with Gasteiger partial charge in [-0.2, -0.15) is 0 Å². The van der Waals surface area contributed by atoms with Crippen molar-refractivity contribution in [2.75, 3.05) is 13.6 Å². The van der Waals surface area contributed by atoms with E-state index in [2.05, 4.69) is 18.1 Å². The van der Waals surface area contributed by atoms with Gasteiger partial charge in [-0.05, 0) is 31.5 Å². The van der Waals surface area contributed by atoms with Gasteiger partial charge >= 0.3 is 0 Å². The van der Waals surface area contributed by atoms with Gasteiger partial charge < -0.3 is 0 Å². The van der Waals surface area contributed by atoms with Gasteiger partial charge in [-0.25, -0.2) is 0 Å². The normalized spacial score (nSPS) is 23.4. The number of hydrogen-bond donors (Lipinski definition) is 0. The summed E-state index contributed by atoms with van der Waals surface area (Å²) >= 11 is 0. The summed E-state index contributed by atoms with van der Waals surface area (Å²) in [6.07, 6.45) is 4.56. The summed E-state index contributed by atoms with van der Waals surface area (Å²) < 4.78 is 0. The zero-order chi connectivity index (χ0) is 10.7. The molecule has 1 atom stereocenters. The Bertz CT molecular complexity index is 301. The number of nitrogens with zero attached hydrogens (tertiary/aromatic N) is 1. The Labute approximate surface area is 85.6 Å². The molecule has 0 bridgehead atoms. The maximum absolute atomic E-state index is 11.5. The maximum atomic E-state index is 11.5. The van der Waals surface area contributed by atoms with Gasteiger partial charge in [-0.1, -0.05) is 25.3 Å². The summed E-state index contributed by atoms with van der Waals surface area (Å²) in [4.78, 5) is 13.5. The zero-order valence-electron chi connectivity index (χ0n) is 8.92. The van der Waals surface area contributed by atoms with Crippen LogP contribution in [0.25, 0.3) is 0 Å². The quantitative estimate of drug-likeness (QED) is 0.679. The van der Waals surface area contributed by atoms with E-state index < -0.39 is 0 Å². The minimum absolute atomic E-state index is 0.130. The molecule has 1 rings (SSSR count). The smallest absolute Gasteiger partial charge is 0.151 e. The highest BCUT2D eigenvalue weighted by Gasteiger charge is 2.27. The highest BCUT2D eigenvalue weighted by molar-refractivity contribution is 5.86.